The molecule has 0 aliphatic carbocycles. The third-order valence-electron chi connectivity index (χ3n) is 4.48. The number of rotatable bonds is 1. The minimum absolute atomic E-state index is 0.0307. The van der Waals surface area contributed by atoms with Crippen molar-refractivity contribution in [3.63, 3.8) is 0 Å². The average Bonchev–Trinajstić information content (AvgIpc) is 3.05. The fourth-order valence-electron chi connectivity index (χ4n) is 3.18. The topological polar surface area (TPSA) is 82.0 Å². The normalized spacial score (nSPS) is 30.7. The van der Waals surface area contributed by atoms with Crippen LogP contribution in [0.25, 0.3) is 0 Å². The number of fused-ring (bicyclic) bond motifs is 1. The van der Waals surface area contributed by atoms with Gasteiger partial charge >= 0.3 is 11.9 Å². The number of ether oxygens (including phenoxy) is 2. The summed E-state index contributed by atoms with van der Waals surface area (Å²) in [6.45, 7) is 5.55. The number of carbonyl (C=O) groups excluding carboxylic acids is 3. The van der Waals surface area contributed by atoms with Crippen molar-refractivity contribution in [3.8, 4) is 0 Å². The van der Waals surface area contributed by atoms with Crippen LogP contribution in [0.15, 0.2) is 39.4 Å². The lowest BCUT2D eigenvalue weighted by molar-refractivity contribution is -0.150. The van der Waals surface area contributed by atoms with Crippen molar-refractivity contribution in [2.75, 3.05) is 5.75 Å². The van der Waals surface area contributed by atoms with E-state index < -0.39 is 18.0 Å². The maximum atomic E-state index is 12.2. The van der Waals surface area contributed by atoms with Gasteiger partial charge in [0.2, 0.25) is 0 Å². The summed E-state index contributed by atoms with van der Waals surface area (Å²) >= 11 is 5.02. The van der Waals surface area contributed by atoms with E-state index in [9.17, 15) is 14.4 Å². The summed E-state index contributed by atoms with van der Waals surface area (Å²) in [7, 11) is 0. The van der Waals surface area contributed by atoms with E-state index in [2.05, 4.69) is 20.9 Å². The maximum absolute atomic E-state index is 12.2. The smallest absolute Gasteiger partial charge is 0.331 e. The van der Waals surface area contributed by atoms with Crippen LogP contribution in [0.3, 0.4) is 0 Å². The van der Waals surface area contributed by atoms with E-state index in [0.717, 1.165) is 20.9 Å². The minimum Gasteiger partial charge on any atom is -0.462 e. The minimum atomic E-state index is -0.498. The van der Waals surface area contributed by atoms with E-state index >= 15 is 0 Å². The van der Waals surface area contributed by atoms with Crippen molar-refractivity contribution in [3.05, 3.63) is 34.4 Å². The number of esters is 2. The molecule has 2 unspecified atom stereocenters. The highest BCUT2D eigenvalue weighted by Crippen LogP contribution is 2.26. The molecule has 2 aliphatic rings. The molecule has 8 heteroatoms. The first-order valence-corrected chi connectivity index (χ1v) is 11.8. The van der Waals surface area contributed by atoms with Gasteiger partial charge in [-0.25, -0.2) is 4.79 Å². The zero-order chi connectivity index (χ0) is 22.1. The van der Waals surface area contributed by atoms with Gasteiger partial charge in [-0.05, 0) is 37.8 Å². The van der Waals surface area contributed by atoms with Crippen LogP contribution in [-0.2, 0) is 23.9 Å². The summed E-state index contributed by atoms with van der Waals surface area (Å²) in [6.07, 6.45) is 7.57. The highest BCUT2D eigenvalue weighted by molar-refractivity contribution is 9.11. The van der Waals surface area contributed by atoms with E-state index in [1.54, 1.807) is 30.8 Å². The molecule has 2 heterocycles. The Kier molecular flexibility index (Phi) is 10.0. The van der Waals surface area contributed by atoms with Crippen molar-refractivity contribution in [2.45, 2.75) is 71.1 Å². The molecule has 0 saturated carbocycles. The van der Waals surface area contributed by atoms with Gasteiger partial charge in [-0.2, -0.15) is 0 Å². The number of aliphatic imine (C=N–C) groups is 1. The SMILES string of the molecule is C/C(Br)=C\C1CC2=NC(CCC(=O)CC(=O)O[C@@H](C)C/C(C)=C/C=C\C(=O)O1)CS2. The molecule has 0 amide bonds. The van der Waals surface area contributed by atoms with Gasteiger partial charge in [0.1, 0.15) is 24.4 Å². The van der Waals surface area contributed by atoms with Crippen molar-refractivity contribution in [1.82, 2.24) is 0 Å². The number of thioether (sulfide) groups is 1. The third-order valence-corrected chi connectivity index (χ3v) is 5.90. The number of halogens is 1. The number of hydrogen-bond donors (Lipinski definition) is 0. The molecule has 0 aromatic heterocycles. The van der Waals surface area contributed by atoms with E-state index in [1.165, 1.54) is 6.08 Å². The Bertz CT molecular complexity index is 782. The van der Waals surface area contributed by atoms with Crippen LogP contribution in [0.1, 0.15) is 52.9 Å². The third kappa shape index (κ3) is 9.43. The number of carbonyl (C=O) groups is 3. The van der Waals surface area contributed by atoms with E-state index in [0.29, 0.717) is 25.7 Å². The number of allylic oxidation sites excluding steroid dienone is 3. The highest BCUT2D eigenvalue weighted by atomic mass is 79.9. The Morgan fingerprint density at radius 3 is 2.77 bits per heavy atom. The Morgan fingerprint density at radius 1 is 1.27 bits per heavy atom. The molecular formula is C22H28BrNO5S. The van der Waals surface area contributed by atoms with E-state index in [1.807, 2.05) is 19.9 Å². The molecule has 0 N–H and O–H groups in total. The molecule has 2 aliphatic heterocycles. The Hall–Kier alpha value is -1.67. The van der Waals surface area contributed by atoms with Crippen molar-refractivity contribution < 1.29 is 23.9 Å². The predicted octanol–water partition coefficient (Wildman–Crippen LogP) is 4.68. The summed E-state index contributed by atoms with van der Waals surface area (Å²) in [5.74, 6) is -0.274. The van der Waals surface area contributed by atoms with Gasteiger partial charge in [0.15, 0.2) is 0 Å². The number of Topliss-reactive ketones (excluding diaryl/α,β-unsaturated/α-hetero) is 1. The molecule has 0 aromatic rings. The lowest BCUT2D eigenvalue weighted by atomic mass is 10.1. The lowest BCUT2D eigenvalue weighted by Gasteiger charge is -2.13. The Morgan fingerprint density at radius 2 is 2.03 bits per heavy atom. The standard InChI is InChI=1S/C22H28BrNO5S/c1-14-5-4-6-21(26)29-19(10-15(2)23)12-20-24-17(13-30-20)7-8-18(25)11-22(27)28-16(3)9-14/h4-6,10,16-17,19H,7-9,11-13H2,1-3H3/b6-4-,14-5+,15-10+/t16-,17?,19?/m0/s1. The van der Waals surface area contributed by atoms with Gasteiger partial charge in [0.25, 0.3) is 0 Å². The van der Waals surface area contributed by atoms with Crippen LogP contribution in [-0.4, -0.2) is 46.8 Å². The maximum Gasteiger partial charge on any atom is 0.331 e. The summed E-state index contributed by atoms with van der Waals surface area (Å²) < 4.78 is 11.8. The molecule has 2 rings (SSSR count). The molecule has 0 spiro atoms. The molecule has 0 fully saturated rings. The zero-order valence-corrected chi connectivity index (χ0v) is 20.0. The first-order valence-electron chi connectivity index (χ1n) is 10.00. The molecular weight excluding hydrogens is 470 g/mol. The lowest BCUT2D eigenvalue weighted by Crippen LogP contribution is -2.19. The zero-order valence-electron chi connectivity index (χ0n) is 17.6. The van der Waals surface area contributed by atoms with Gasteiger partial charge in [0, 0.05) is 31.1 Å². The van der Waals surface area contributed by atoms with Crippen molar-refractivity contribution >= 4 is 50.5 Å². The Balaban J connectivity index is 2.17. The second kappa shape index (κ2) is 12.2. The largest absolute Gasteiger partial charge is 0.462 e. The van der Waals surface area contributed by atoms with Gasteiger partial charge < -0.3 is 9.47 Å². The van der Waals surface area contributed by atoms with Crippen LogP contribution in [0, 0.1) is 0 Å². The summed E-state index contributed by atoms with van der Waals surface area (Å²) in [4.78, 5) is 41.0. The number of ketones is 1. The predicted molar refractivity (Wildman–Crippen MR) is 123 cm³/mol. The highest BCUT2D eigenvalue weighted by Gasteiger charge is 2.23. The molecule has 0 aromatic carbocycles. The van der Waals surface area contributed by atoms with E-state index in [4.69, 9.17) is 9.47 Å². The summed E-state index contributed by atoms with van der Waals surface area (Å²) in [5.41, 5.74) is 0.944. The molecule has 3 atom stereocenters. The molecule has 164 valence electrons. The summed E-state index contributed by atoms with van der Waals surface area (Å²) in [5, 5.41) is 0.904. The first kappa shape index (κ1) is 24.6. The molecule has 6 nitrogen and oxygen atoms in total. The van der Waals surface area contributed by atoms with Gasteiger partial charge in [-0.15, -0.1) is 11.8 Å². The fourth-order valence-corrected chi connectivity index (χ4v) is 4.61. The van der Waals surface area contributed by atoms with Crippen LogP contribution in [0.2, 0.25) is 0 Å². The quantitative estimate of drug-likeness (QED) is 0.386. The Labute approximate surface area is 190 Å². The van der Waals surface area contributed by atoms with Crippen molar-refractivity contribution in [2.24, 2.45) is 4.99 Å². The molecule has 0 radical (unpaired) electrons. The number of hydrogen-bond acceptors (Lipinski definition) is 7. The van der Waals surface area contributed by atoms with Crippen LogP contribution in [0.5, 0.6) is 0 Å². The van der Waals surface area contributed by atoms with Crippen LogP contribution >= 0.6 is 27.7 Å². The van der Waals surface area contributed by atoms with Crippen LogP contribution in [0.4, 0.5) is 0 Å². The monoisotopic (exact) mass is 497 g/mol. The van der Waals surface area contributed by atoms with Crippen molar-refractivity contribution in [1.29, 1.82) is 0 Å². The second-order valence-electron chi connectivity index (χ2n) is 7.55. The van der Waals surface area contributed by atoms with E-state index in [-0.39, 0.29) is 24.3 Å². The van der Waals surface area contributed by atoms with Gasteiger partial charge in [-0.3, -0.25) is 14.6 Å². The fraction of sp³-hybridized carbons (Fsp3) is 0.545. The average molecular weight is 498 g/mol. The number of cyclic esters (lactones) is 2. The first-order chi connectivity index (χ1) is 14.2. The second-order valence-corrected chi connectivity index (χ2v) is 9.90. The number of nitrogens with zero attached hydrogens (tertiary/aromatic N) is 1. The summed E-state index contributed by atoms with van der Waals surface area (Å²) in [6, 6.07) is 0.0307. The van der Waals surface area contributed by atoms with Crippen LogP contribution < -0.4 is 0 Å². The molecule has 30 heavy (non-hydrogen) atoms. The molecule has 0 saturated heterocycles. The van der Waals surface area contributed by atoms with Gasteiger partial charge in [-0.1, -0.05) is 33.7 Å². The van der Waals surface area contributed by atoms with Gasteiger partial charge in [0.05, 0.1) is 11.1 Å². The molecule has 2 bridgehead atoms.